The lowest BCUT2D eigenvalue weighted by atomic mass is 9.94. The van der Waals surface area contributed by atoms with Gasteiger partial charge in [-0.05, 0) is 40.0 Å². The predicted octanol–water partition coefficient (Wildman–Crippen LogP) is 2.55. The molecule has 0 rings (SSSR count). The van der Waals surface area contributed by atoms with E-state index in [1.165, 1.54) is 18.9 Å². The van der Waals surface area contributed by atoms with Crippen LogP contribution in [-0.2, 0) is 9.63 Å². The molecule has 0 bridgehead atoms. The molecule has 20 heavy (non-hydrogen) atoms. The second-order valence-corrected chi connectivity index (χ2v) is 8.59. The van der Waals surface area contributed by atoms with E-state index < -0.39 is 36.7 Å². The second kappa shape index (κ2) is 6.24. The number of nitrogens with zero attached hydrogens (tertiary/aromatic N) is 1. The van der Waals surface area contributed by atoms with Crippen molar-refractivity contribution < 1.29 is 24.5 Å². The normalized spacial score (nSPS) is 15.8. The first-order chi connectivity index (χ1) is 8.60. The zero-order chi connectivity index (χ0) is 16.5. The van der Waals surface area contributed by atoms with Crippen molar-refractivity contribution >= 4 is 14.3 Å². The lowest BCUT2D eigenvalue weighted by Gasteiger charge is -2.47. The molecular weight excluding hydrogens is 281 g/mol. The van der Waals surface area contributed by atoms with E-state index in [0.717, 1.165) is 0 Å². The van der Waals surface area contributed by atoms with Crippen molar-refractivity contribution in [2.75, 3.05) is 0 Å². The summed E-state index contributed by atoms with van der Waals surface area (Å²) >= 11 is 0. The van der Waals surface area contributed by atoms with E-state index in [-0.39, 0.29) is 0 Å². The molecule has 1 atom stereocenters. The summed E-state index contributed by atoms with van der Waals surface area (Å²) in [5.74, 6) is -1.82. The van der Waals surface area contributed by atoms with Crippen LogP contribution in [0.4, 0.5) is 0 Å². The molecule has 0 fully saturated rings. The summed E-state index contributed by atoms with van der Waals surface area (Å²) in [7, 11) is -2.32. The fourth-order valence-corrected chi connectivity index (χ4v) is 2.90. The summed E-state index contributed by atoms with van der Waals surface area (Å²) in [6.07, 6.45) is 0. The molecule has 0 aromatic carbocycles. The number of hydrogen-bond donors (Lipinski definition) is 3. The SMILES string of the molecule is CC(C)(ON(C(P(O)O)C(C)(C)C)C(C)(C)C)C(=O)O. The van der Waals surface area contributed by atoms with E-state index in [4.69, 9.17) is 4.84 Å². The van der Waals surface area contributed by atoms with Crippen molar-refractivity contribution in [3.8, 4) is 0 Å². The van der Waals surface area contributed by atoms with Gasteiger partial charge in [0.2, 0.25) is 0 Å². The molecule has 120 valence electrons. The summed E-state index contributed by atoms with van der Waals surface area (Å²) in [5, 5.41) is 10.6. The minimum absolute atomic E-state index is 0.489. The predicted molar refractivity (Wildman–Crippen MR) is 79.0 cm³/mol. The molecule has 3 N–H and O–H groups in total. The third-order valence-electron chi connectivity index (χ3n) is 2.72. The highest BCUT2D eigenvalue weighted by Crippen LogP contribution is 2.47. The van der Waals surface area contributed by atoms with Gasteiger partial charge in [0.1, 0.15) is 5.78 Å². The van der Waals surface area contributed by atoms with Crippen LogP contribution < -0.4 is 0 Å². The van der Waals surface area contributed by atoms with E-state index in [1.807, 2.05) is 41.5 Å². The van der Waals surface area contributed by atoms with Gasteiger partial charge in [-0.2, -0.15) is 5.06 Å². The molecule has 0 aromatic rings. The summed E-state index contributed by atoms with van der Waals surface area (Å²) in [5.41, 5.74) is -2.53. The first-order valence-electron chi connectivity index (χ1n) is 6.49. The molecule has 1 unspecified atom stereocenters. The Kier molecular flexibility index (Phi) is 6.16. The largest absolute Gasteiger partial charge is 0.479 e. The topological polar surface area (TPSA) is 90.2 Å². The Bertz CT molecular complexity index is 344. The van der Waals surface area contributed by atoms with E-state index >= 15 is 0 Å². The summed E-state index contributed by atoms with van der Waals surface area (Å²) in [6, 6.07) is 0. The van der Waals surface area contributed by atoms with Crippen molar-refractivity contribution in [1.82, 2.24) is 5.06 Å². The number of carboxylic acid groups (broad SMARTS) is 1. The fourth-order valence-electron chi connectivity index (χ4n) is 1.63. The molecule has 0 aliphatic carbocycles. The van der Waals surface area contributed by atoms with Gasteiger partial charge in [-0.15, -0.1) is 0 Å². The Balaban J connectivity index is 5.63. The van der Waals surface area contributed by atoms with Crippen LogP contribution >= 0.6 is 8.38 Å². The minimum Gasteiger partial charge on any atom is -0.479 e. The molecule has 0 saturated heterocycles. The lowest BCUT2D eigenvalue weighted by molar-refractivity contribution is -0.289. The van der Waals surface area contributed by atoms with Crippen molar-refractivity contribution in [2.45, 2.75) is 72.3 Å². The Morgan fingerprint density at radius 3 is 1.65 bits per heavy atom. The number of carbonyl (C=O) groups is 1. The molecule has 0 heterocycles. The first kappa shape index (κ1) is 19.7. The van der Waals surface area contributed by atoms with Gasteiger partial charge >= 0.3 is 5.97 Å². The molecule has 6 nitrogen and oxygen atoms in total. The summed E-state index contributed by atoms with van der Waals surface area (Å²) < 4.78 is 0. The Morgan fingerprint density at radius 2 is 1.45 bits per heavy atom. The third kappa shape index (κ3) is 5.26. The highest BCUT2D eigenvalue weighted by molar-refractivity contribution is 7.45. The maximum Gasteiger partial charge on any atom is 0.337 e. The van der Waals surface area contributed by atoms with Crippen LogP contribution in [0, 0.1) is 5.41 Å². The number of hydrogen-bond acceptors (Lipinski definition) is 5. The lowest BCUT2D eigenvalue weighted by Crippen LogP contribution is -2.56. The molecule has 0 aliphatic heterocycles. The van der Waals surface area contributed by atoms with Gasteiger partial charge in [-0.1, -0.05) is 20.8 Å². The number of hydroxylamine groups is 2. The van der Waals surface area contributed by atoms with Crippen molar-refractivity contribution in [3.05, 3.63) is 0 Å². The highest BCUT2D eigenvalue weighted by Gasteiger charge is 2.46. The Morgan fingerprint density at radius 1 is 1.05 bits per heavy atom. The van der Waals surface area contributed by atoms with Gasteiger partial charge < -0.3 is 14.9 Å². The smallest absolute Gasteiger partial charge is 0.337 e. The molecule has 0 amide bonds. The molecule has 0 radical (unpaired) electrons. The van der Waals surface area contributed by atoms with Crippen molar-refractivity contribution in [1.29, 1.82) is 0 Å². The molecule has 0 spiro atoms. The van der Waals surface area contributed by atoms with Crippen molar-refractivity contribution in [3.63, 3.8) is 0 Å². The fraction of sp³-hybridized carbons (Fsp3) is 0.923. The number of carboxylic acids is 1. The second-order valence-electron chi connectivity index (χ2n) is 7.46. The van der Waals surface area contributed by atoms with Gasteiger partial charge in [-0.25, -0.2) is 4.79 Å². The quantitative estimate of drug-likeness (QED) is 0.534. The van der Waals surface area contributed by atoms with Crippen LogP contribution in [0.15, 0.2) is 0 Å². The number of aliphatic carboxylic acids is 1. The average Bonchev–Trinajstić information content (AvgIpc) is 2.11. The first-order valence-corrected chi connectivity index (χ1v) is 7.81. The molecule has 7 heteroatoms. The maximum absolute atomic E-state index is 11.3. The Hall–Kier alpha value is -0.260. The van der Waals surface area contributed by atoms with E-state index in [2.05, 4.69) is 0 Å². The van der Waals surface area contributed by atoms with Crippen LogP contribution in [-0.4, -0.2) is 42.8 Å². The highest BCUT2D eigenvalue weighted by atomic mass is 31.2. The van der Waals surface area contributed by atoms with Crippen LogP contribution in [0.1, 0.15) is 55.4 Å². The maximum atomic E-state index is 11.3. The zero-order valence-electron chi connectivity index (χ0n) is 13.6. The van der Waals surface area contributed by atoms with Crippen LogP contribution in [0.2, 0.25) is 0 Å². The van der Waals surface area contributed by atoms with Gasteiger partial charge in [0.15, 0.2) is 14.0 Å². The molecular formula is C13H28NO5P. The van der Waals surface area contributed by atoms with Crippen LogP contribution in [0.5, 0.6) is 0 Å². The van der Waals surface area contributed by atoms with E-state index in [0.29, 0.717) is 0 Å². The van der Waals surface area contributed by atoms with Gasteiger partial charge in [0.25, 0.3) is 0 Å². The average molecular weight is 309 g/mol. The van der Waals surface area contributed by atoms with Crippen LogP contribution in [0.25, 0.3) is 0 Å². The van der Waals surface area contributed by atoms with Gasteiger partial charge in [0, 0.05) is 5.54 Å². The molecule has 0 aliphatic rings. The summed E-state index contributed by atoms with van der Waals surface area (Å²) in [4.78, 5) is 36.4. The van der Waals surface area contributed by atoms with Gasteiger partial charge in [-0.3, -0.25) is 4.84 Å². The third-order valence-corrected chi connectivity index (χ3v) is 4.14. The monoisotopic (exact) mass is 309 g/mol. The minimum atomic E-state index is -2.32. The standard InChI is InChI=1S/C13H28NO5P/c1-11(2,3)9(20(17)18)14(12(4,5)6)19-13(7,8)10(15)16/h9,17-18H,1-8H3,(H,15,16). The molecule has 0 aromatic heterocycles. The van der Waals surface area contributed by atoms with Gasteiger partial charge in [0.05, 0.1) is 0 Å². The number of rotatable bonds is 5. The van der Waals surface area contributed by atoms with E-state index in [9.17, 15) is 19.7 Å². The zero-order valence-corrected chi connectivity index (χ0v) is 14.5. The Labute approximate surface area is 122 Å². The van der Waals surface area contributed by atoms with E-state index in [1.54, 1.807) is 0 Å². The summed E-state index contributed by atoms with van der Waals surface area (Å²) in [6.45, 7) is 13.9. The van der Waals surface area contributed by atoms with Crippen molar-refractivity contribution in [2.24, 2.45) is 5.41 Å². The van der Waals surface area contributed by atoms with Crippen LogP contribution in [0.3, 0.4) is 0 Å². The molecule has 0 saturated carbocycles.